The molecule has 5 heteroatoms. The fourth-order valence-electron chi connectivity index (χ4n) is 1.08. The molecule has 1 rings (SSSR count). The zero-order valence-electron chi connectivity index (χ0n) is 8.18. The van der Waals surface area contributed by atoms with E-state index in [9.17, 15) is 4.79 Å². The normalized spacial score (nSPS) is 9.47. The summed E-state index contributed by atoms with van der Waals surface area (Å²) in [6, 6.07) is 6.29. The summed E-state index contributed by atoms with van der Waals surface area (Å²) in [5.74, 6) is -0.151. The number of amides is 1. The van der Waals surface area contributed by atoms with Gasteiger partial charge in [-0.25, -0.2) is 0 Å². The first-order chi connectivity index (χ1) is 7.13. The number of carbonyl (C=O) groups is 1. The smallest absolute Gasteiger partial charge is 0.423 e. The van der Waals surface area contributed by atoms with Crippen LogP contribution in [0.2, 0.25) is 0 Å². The standard InChI is InChI=1S/C10H12BNO3/c1-2-3-10(13)12-9-6-4-8(5-7-9)11(14)15/h2,4-7,14-15H,1,3H2,(H,12,13). The average molecular weight is 205 g/mol. The zero-order chi connectivity index (χ0) is 11.3. The summed E-state index contributed by atoms with van der Waals surface area (Å²) in [7, 11) is -1.48. The summed E-state index contributed by atoms with van der Waals surface area (Å²) in [6.07, 6.45) is 1.77. The van der Waals surface area contributed by atoms with Gasteiger partial charge in [-0.3, -0.25) is 4.79 Å². The molecule has 0 aliphatic heterocycles. The van der Waals surface area contributed by atoms with Crippen LogP contribution in [0.3, 0.4) is 0 Å². The van der Waals surface area contributed by atoms with Gasteiger partial charge in [-0.15, -0.1) is 6.58 Å². The Bertz CT molecular complexity index is 348. The van der Waals surface area contributed by atoms with E-state index < -0.39 is 7.12 Å². The summed E-state index contributed by atoms with van der Waals surface area (Å²) in [6.45, 7) is 3.45. The summed E-state index contributed by atoms with van der Waals surface area (Å²) >= 11 is 0. The van der Waals surface area contributed by atoms with Crippen molar-refractivity contribution in [1.29, 1.82) is 0 Å². The molecular formula is C10H12BNO3. The van der Waals surface area contributed by atoms with Gasteiger partial charge in [-0.2, -0.15) is 0 Å². The lowest BCUT2D eigenvalue weighted by molar-refractivity contribution is -0.115. The third-order valence-corrected chi connectivity index (χ3v) is 1.82. The molecule has 0 fully saturated rings. The van der Waals surface area contributed by atoms with Gasteiger partial charge in [-0.05, 0) is 17.6 Å². The van der Waals surface area contributed by atoms with E-state index in [0.29, 0.717) is 11.2 Å². The van der Waals surface area contributed by atoms with Crippen molar-refractivity contribution < 1.29 is 14.8 Å². The second kappa shape index (κ2) is 5.33. The first-order valence-electron chi connectivity index (χ1n) is 4.50. The van der Waals surface area contributed by atoms with Crippen molar-refractivity contribution in [2.24, 2.45) is 0 Å². The van der Waals surface area contributed by atoms with Crippen molar-refractivity contribution in [1.82, 2.24) is 0 Å². The van der Waals surface area contributed by atoms with Crippen molar-refractivity contribution in [3.63, 3.8) is 0 Å². The second-order valence-corrected chi connectivity index (χ2v) is 3.04. The van der Waals surface area contributed by atoms with Gasteiger partial charge in [0.05, 0.1) is 0 Å². The van der Waals surface area contributed by atoms with Crippen LogP contribution in [0.25, 0.3) is 0 Å². The number of hydrogen-bond donors (Lipinski definition) is 3. The minimum atomic E-state index is -1.48. The van der Waals surface area contributed by atoms with Crippen molar-refractivity contribution in [3.05, 3.63) is 36.9 Å². The summed E-state index contributed by atoms with van der Waals surface area (Å²) in [4.78, 5) is 11.2. The Morgan fingerprint density at radius 1 is 1.40 bits per heavy atom. The number of carbonyl (C=O) groups excluding carboxylic acids is 1. The molecule has 0 unspecified atom stereocenters. The molecule has 78 valence electrons. The predicted molar refractivity (Wildman–Crippen MR) is 59.7 cm³/mol. The molecule has 0 spiro atoms. The molecule has 0 aliphatic carbocycles. The Morgan fingerprint density at radius 2 is 2.00 bits per heavy atom. The van der Waals surface area contributed by atoms with Crippen molar-refractivity contribution >= 4 is 24.2 Å². The maximum Gasteiger partial charge on any atom is 0.488 e. The first-order valence-corrected chi connectivity index (χ1v) is 4.50. The van der Waals surface area contributed by atoms with Crippen molar-refractivity contribution in [2.45, 2.75) is 6.42 Å². The van der Waals surface area contributed by atoms with E-state index in [1.165, 1.54) is 18.2 Å². The molecule has 0 atom stereocenters. The molecule has 1 amide bonds. The van der Waals surface area contributed by atoms with E-state index in [1.807, 2.05) is 0 Å². The minimum absolute atomic E-state index is 0.151. The molecule has 0 radical (unpaired) electrons. The lowest BCUT2D eigenvalue weighted by Gasteiger charge is -2.04. The second-order valence-electron chi connectivity index (χ2n) is 3.04. The molecule has 0 saturated carbocycles. The zero-order valence-corrected chi connectivity index (χ0v) is 8.18. The van der Waals surface area contributed by atoms with Gasteiger partial charge in [0.15, 0.2) is 0 Å². The topological polar surface area (TPSA) is 69.6 Å². The SMILES string of the molecule is C=CCC(=O)Nc1ccc(B(O)O)cc1. The number of hydrogen-bond acceptors (Lipinski definition) is 3. The van der Waals surface area contributed by atoms with Crippen LogP contribution in [0.5, 0.6) is 0 Å². The van der Waals surface area contributed by atoms with Gasteiger partial charge >= 0.3 is 7.12 Å². The van der Waals surface area contributed by atoms with Gasteiger partial charge in [-0.1, -0.05) is 18.2 Å². The molecule has 0 saturated heterocycles. The van der Waals surface area contributed by atoms with Crippen LogP contribution in [0.15, 0.2) is 36.9 Å². The van der Waals surface area contributed by atoms with E-state index in [2.05, 4.69) is 11.9 Å². The lowest BCUT2D eigenvalue weighted by atomic mass is 9.80. The number of anilines is 1. The van der Waals surface area contributed by atoms with Gasteiger partial charge < -0.3 is 15.4 Å². The number of benzene rings is 1. The van der Waals surface area contributed by atoms with Crippen LogP contribution in [-0.2, 0) is 4.79 Å². The quantitative estimate of drug-likeness (QED) is 0.474. The van der Waals surface area contributed by atoms with Crippen molar-refractivity contribution in [2.75, 3.05) is 5.32 Å². The number of rotatable bonds is 4. The van der Waals surface area contributed by atoms with E-state index >= 15 is 0 Å². The number of nitrogens with one attached hydrogen (secondary N) is 1. The summed E-state index contributed by atoms with van der Waals surface area (Å²) in [5, 5.41) is 20.3. The largest absolute Gasteiger partial charge is 0.488 e. The molecule has 0 heterocycles. The van der Waals surface area contributed by atoms with Gasteiger partial charge in [0, 0.05) is 12.1 Å². The Balaban J connectivity index is 2.64. The van der Waals surface area contributed by atoms with E-state index in [1.54, 1.807) is 12.1 Å². The Morgan fingerprint density at radius 3 is 2.47 bits per heavy atom. The average Bonchev–Trinajstić information content (AvgIpc) is 2.18. The Labute approximate surface area is 88.4 Å². The van der Waals surface area contributed by atoms with Crippen LogP contribution >= 0.6 is 0 Å². The van der Waals surface area contributed by atoms with Crippen molar-refractivity contribution in [3.8, 4) is 0 Å². The maximum absolute atomic E-state index is 11.2. The van der Waals surface area contributed by atoms with Gasteiger partial charge in [0.2, 0.25) is 5.91 Å². The highest BCUT2D eigenvalue weighted by Gasteiger charge is 2.09. The van der Waals surface area contributed by atoms with Crippen LogP contribution in [0, 0.1) is 0 Å². The maximum atomic E-state index is 11.2. The molecule has 4 nitrogen and oxygen atoms in total. The van der Waals surface area contributed by atoms with Crippen LogP contribution in [0.1, 0.15) is 6.42 Å². The third-order valence-electron chi connectivity index (χ3n) is 1.82. The summed E-state index contributed by atoms with van der Waals surface area (Å²) < 4.78 is 0. The highest BCUT2D eigenvalue weighted by atomic mass is 16.4. The summed E-state index contributed by atoms with van der Waals surface area (Å²) in [5.41, 5.74) is 1.00. The van der Waals surface area contributed by atoms with Crippen LogP contribution < -0.4 is 10.8 Å². The van der Waals surface area contributed by atoms with Crippen LogP contribution in [0.4, 0.5) is 5.69 Å². The monoisotopic (exact) mass is 205 g/mol. The molecule has 1 aromatic carbocycles. The fourth-order valence-corrected chi connectivity index (χ4v) is 1.08. The molecule has 15 heavy (non-hydrogen) atoms. The molecule has 0 aliphatic rings. The minimum Gasteiger partial charge on any atom is -0.423 e. The highest BCUT2D eigenvalue weighted by molar-refractivity contribution is 6.58. The van der Waals surface area contributed by atoms with Gasteiger partial charge in [0.25, 0.3) is 0 Å². The fraction of sp³-hybridized carbons (Fsp3) is 0.100. The van der Waals surface area contributed by atoms with E-state index in [-0.39, 0.29) is 12.3 Å². The Kier molecular flexibility index (Phi) is 4.09. The third kappa shape index (κ3) is 3.57. The molecule has 3 N–H and O–H groups in total. The lowest BCUT2D eigenvalue weighted by Crippen LogP contribution is -2.29. The predicted octanol–water partition coefficient (Wildman–Crippen LogP) is -0.119. The molecule has 0 aromatic heterocycles. The Hall–Kier alpha value is -1.59. The van der Waals surface area contributed by atoms with E-state index in [4.69, 9.17) is 10.0 Å². The molecule has 0 bridgehead atoms. The highest BCUT2D eigenvalue weighted by Crippen LogP contribution is 2.04. The molecular weight excluding hydrogens is 193 g/mol. The molecule has 1 aromatic rings. The first kappa shape index (κ1) is 11.5. The van der Waals surface area contributed by atoms with Crippen LogP contribution in [-0.4, -0.2) is 23.1 Å². The van der Waals surface area contributed by atoms with E-state index in [0.717, 1.165) is 0 Å². The van der Waals surface area contributed by atoms with Gasteiger partial charge in [0.1, 0.15) is 0 Å².